The fourth-order valence-electron chi connectivity index (χ4n) is 1.32. The quantitative estimate of drug-likeness (QED) is 0.883. The van der Waals surface area contributed by atoms with Crippen LogP contribution in [0.3, 0.4) is 0 Å². The van der Waals surface area contributed by atoms with Gasteiger partial charge in [-0.05, 0) is 24.3 Å². The molecule has 0 radical (unpaired) electrons. The summed E-state index contributed by atoms with van der Waals surface area (Å²) in [5.41, 5.74) is 0.748. The number of nitrogens with zero attached hydrogens (tertiary/aromatic N) is 1. The SMILES string of the molecule is COC(=O)Nc1nc(C(=O)c2ccc(Cl)cc2)cs1. The number of nitrogens with one attached hydrogen (secondary N) is 1. The van der Waals surface area contributed by atoms with Gasteiger partial charge in [0, 0.05) is 16.0 Å². The van der Waals surface area contributed by atoms with Gasteiger partial charge in [-0.2, -0.15) is 0 Å². The molecule has 1 aromatic heterocycles. The maximum atomic E-state index is 12.1. The summed E-state index contributed by atoms with van der Waals surface area (Å²) >= 11 is 6.90. The maximum absolute atomic E-state index is 12.1. The minimum atomic E-state index is -0.625. The lowest BCUT2D eigenvalue weighted by molar-refractivity contribution is 0.103. The molecule has 0 aliphatic rings. The van der Waals surface area contributed by atoms with Gasteiger partial charge in [-0.3, -0.25) is 10.1 Å². The van der Waals surface area contributed by atoms with Crippen LogP contribution < -0.4 is 5.32 Å². The van der Waals surface area contributed by atoms with E-state index in [9.17, 15) is 9.59 Å². The fourth-order valence-corrected chi connectivity index (χ4v) is 2.13. The Labute approximate surface area is 118 Å². The fraction of sp³-hybridized carbons (Fsp3) is 0.0833. The number of hydrogen-bond acceptors (Lipinski definition) is 5. The van der Waals surface area contributed by atoms with Crippen LogP contribution in [-0.4, -0.2) is 24.0 Å². The van der Waals surface area contributed by atoms with Crippen LogP contribution in [-0.2, 0) is 4.74 Å². The Balaban J connectivity index is 2.16. The van der Waals surface area contributed by atoms with E-state index in [4.69, 9.17) is 11.6 Å². The van der Waals surface area contributed by atoms with Crippen molar-refractivity contribution in [1.82, 2.24) is 4.98 Å². The van der Waals surface area contributed by atoms with Crippen LogP contribution in [0, 0.1) is 0 Å². The number of methoxy groups -OCH3 is 1. The molecule has 98 valence electrons. The first-order chi connectivity index (χ1) is 9.10. The number of hydrogen-bond donors (Lipinski definition) is 1. The third kappa shape index (κ3) is 3.30. The van der Waals surface area contributed by atoms with Gasteiger partial charge in [0.15, 0.2) is 5.13 Å². The number of anilines is 1. The Kier molecular flexibility index (Phi) is 4.13. The number of benzene rings is 1. The molecule has 0 unspecified atom stereocenters. The average Bonchev–Trinajstić information content (AvgIpc) is 2.87. The van der Waals surface area contributed by atoms with Gasteiger partial charge in [-0.25, -0.2) is 9.78 Å². The van der Waals surface area contributed by atoms with E-state index in [1.165, 1.54) is 7.11 Å². The highest BCUT2D eigenvalue weighted by Gasteiger charge is 2.14. The van der Waals surface area contributed by atoms with Crippen molar-refractivity contribution in [2.45, 2.75) is 0 Å². The second kappa shape index (κ2) is 5.81. The van der Waals surface area contributed by atoms with E-state index >= 15 is 0 Å². The number of amides is 1. The summed E-state index contributed by atoms with van der Waals surface area (Å²) in [5.74, 6) is -0.231. The Morgan fingerprint density at radius 3 is 2.63 bits per heavy atom. The van der Waals surface area contributed by atoms with E-state index in [0.717, 1.165) is 11.3 Å². The molecule has 1 heterocycles. The summed E-state index contributed by atoms with van der Waals surface area (Å²) in [6.45, 7) is 0. The first-order valence-corrected chi connectivity index (χ1v) is 6.46. The number of thiazole rings is 1. The van der Waals surface area contributed by atoms with E-state index in [1.54, 1.807) is 29.6 Å². The van der Waals surface area contributed by atoms with Crippen molar-refractivity contribution < 1.29 is 14.3 Å². The van der Waals surface area contributed by atoms with Crippen LogP contribution in [0.5, 0.6) is 0 Å². The van der Waals surface area contributed by atoms with Crippen LogP contribution in [0.1, 0.15) is 16.1 Å². The highest BCUT2D eigenvalue weighted by molar-refractivity contribution is 7.14. The number of carbonyl (C=O) groups is 2. The van der Waals surface area contributed by atoms with Crippen molar-refractivity contribution in [3.05, 3.63) is 45.9 Å². The largest absolute Gasteiger partial charge is 0.453 e. The predicted octanol–water partition coefficient (Wildman–Crippen LogP) is 3.21. The number of ether oxygens (including phenoxy) is 1. The number of halogens is 1. The van der Waals surface area contributed by atoms with Gasteiger partial charge >= 0.3 is 6.09 Å². The standard InChI is InChI=1S/C12H9ClN2O3S/c1-18-12(17)15-11-14-9(6-19-11)10(16)7-2-4-8(13)5-3-7/h2-6H,1H3,(H,14,15,17). The van der Waals surface area contributed by atoms with E-state index in [2.05, 4.69) is 15.0 Å². The van der Waals surface area contributed by atoms with Crippen LogP contribution >= 0.6 is 22.9 Å². The van der Waals surface area contributed by atoms with Crippen molar-refractivity contribution in [2.24, 2.45) is 0 Å². The van der Waals surface area contributed by atoms with Gasteiger partial charge in [0.2, 0.25) is 5.78 Å². The first-order valence-electron chi connectivity index (χ1n) is 5.21. The molecule has 0 spiro atoms. The first kappa shape index (κ1) is 13.5. The molecule has 0 atom stereocenters. The van der Waals surface area contributed by atoms with Gasteiger partial charge < -0.3 is 4.74 Å². The third-order valence-corrected chi connectivity index (χ3v) is 3.25. The van der Waals surface area contributed by atoms with Gasteiger partial charge in [-0.15, -0.1) is 11.3 Å². The molecule has 0 bridgehead atoms. The van der Waals surface area contributed by atoms with Crippen LogP contribution in [0.2, 0.25) is 5.02 Å². The summed E-state index contributed by atoms with van der Waals surface area (Å²) in [6, 6.07) is 6.51. The third-order valence-electron chi connectivity index (χ3n) is 2.24. The normalized spacial score (nSPS) is 10.0. The van der Waals surface area contributed by atoms with Crippen LogP contribution in [0.15, 0.2) is 29.6 Å². The minimum Gasteiger partial charge on any atom is -0.453 e. The topological polar surface area (TPSA) is 68.3 Å². The van der Waals surface area contributed by atoms with Gasteiger partial charge in [-0.1, -0.05) is 11.6 Å². The zero-order chi connectivity index (χ0) is 13.8. The summed E-state index contributed by atoms with van der Waals surface area (Å²) < 4.78 is 4.44. The zero-order valence-corrected chi connectivity index (χ0v) is 11.4. The van der Waals surface area contributed by atoms with Crippen molar-refractivity contribution in [2.75, 3.05) is 12.4 Å². The highest BCUT2D eigenvalue weighted by Crippen LogP contribution is 2.19. The molecule has 2 rings (SSSR count). The Morgan fingerprint density at radius 2 is 2.00 bits per heavy atom. The zero-order valence-electron chi connectivity index (χ0n) is 9.84. The molecule has 0 saturated carbocycles. The molecule has 2 aromatic rings. The molecular weight excluding hydrogens is 288 g/mol. The van der Waals surface area contributed by atoms with E-state index in [0.29, 0.717) is 15.7 Å². The molecule has 0 aliphatic carbocycles. The minimum absolute atomic E-state index is 0.231. The molecule has 0 aliphatic heterocycles. The number of rotatable bonds is 3. The number of aromatic nitrogens is 1. The second-order valence-corrected chi connectivity index (χ2v) is 4.79. The maximum Gasteiger partial charge on any atom is 0.413 e. The van der Waals surface area contributed by atoms with E-state index in [1.807, 2.05) is 0 Å². The lowest BCUT2D eigenvalue weighted by Gasteiger charge is -1.98. The summed E-state index contributed by atoms with van der Waals surface area (Å²) in [7, 11) is 1.25. The Morgan fingerprint density at radius 1 is 1.32 bits per heavy atom. The number of ketones is 1. The van der Waals surface area contributed by atoms with Crippen LogP contribution in [0.4, 0.5) is 9.93 Å². The molecule has 1 aromatic carbocycles. The molecule has 0 saturated heterocycles. The van der Waals surface area contributed by atoms with Crippen molar-refractivity contribution in [3.63, 3.8) is 0 Å². The van der Waals surface area contributed by atoms with E-state index in [-0.39, 0.29) is 11.5 Å². The average molecular weight is 297 g/mol. The lowest BCUT2D eigenvalue weighted by atomic mass is 10.1. The highest BCUT2D eigenvalue weighted by atomic mass is 35.5. The smallest absolute Gasteiger partial charge is 0.413 e. The summed E-state index contributed by atoms with van der Waals surface area (Å²) in [4.78, 5) is 27.1. The molecule has 1 N–H and O–H groups in total. The van der Waals surface area contributed by atoms with E-state index < -0.39 is 6.09 Å². The summed E-state index contributed by atoms with van der Waals surface area (Å²) in [6.07, 6.45) is -0.625. The summed E-state index contributed by atoms with van der Waals surface area (Å²) in [5, 5.41) is 4.84. The molecule has 19 heavy (non-hydrogen) atoms. The molecular formula is C12H9ClN2O3S. The Bertz CT molecular complexity index is 610. The van der Waals surface area contributed by atoms with Gasteiger partial charge in [0.05, 0.1) is 7.11 Å². The second-order valence-electron chi connectivity index (χ2n) is 3.49. The lowest BCUT2D eigenvalue weighted by Crippen LogP contribution is -2.11. The molecule has 0 fully saturated rings. The Hall–Kier alpha value is -1.92. The van der Waals surface area contributed by atoms with Crippen molar-refractivity contribution in [1.29, 1.82) is 0 Å². The van der Waals surface area contributed by atoms with Gasteiger partial charge in [0.25, 0.3) is 0 Å². The van der Waals surface area contributed by atoms with Crippen molar-refractivity contribution in [3.8, 4) is 0 Å². The number of carbonyl (C=O) groups excluding carboxylic acids is 2. The van der Waals surface area contributed by atoms with Crippen LogP contribution in [0.25, 0.3) is 0 Å². The molecule has 1 amide bonds. The van der Waals surface area contributed by atoms with Gasteiger partial charge in [0.1, 0.15) is 5.69 Å². The molecule has 5 nitrogen and oxygen atoms in total. The van der Waals surface area contributed by atoms with Crippen molar-refractivity contribution >= 4 is 39.9 Å². The predicted molar refractivity (Wildman–Crippen MR) is 73.0 cm³/mol. The monoisotopic (exact) mass is 296 g/mol. The molecule has 7 heteroatoms.